The first-order chi connectivity index (χ1) is 6.90. The summed E-state index contributed by atoms with van der Waals surface area (Å²) < 4.78 is 0. The van der Waals surface area contributed by atoms with Crippen LogP contribution in [0.4, 0.5) is 0 Å². The Morgan fingerprint density at radius 2 is 1.71 bits per heavy atom. The fourth-order valence-corrected chi connectivity index (χ4v) is 1.60. The van der Waals surface area contributed by atoms with Gasteiger partial charge in [-0.05, 0) is 23.1 Å². The van der Waals surface area contributed by atoms with Crippen LogP contribution in [0.1, 0.15) is 13.3 Å². The number of allylic oxidation sites excluding steroid dienone is 12. The molecule has 2 aliphatic carbocycles. The van der Waals surface area contributed by atoms with Crippen molar-refractivity contribution in [3.8, 4) is 0 Å². The Balaban J connectivity index is 2.44. The van der Waals surface area contributed by atoms with Crippen LogP contribution >= 0.6 is 0 Å². The van der Waals surface area contributed by atoms with Gasteiger partial charge in [-0.1, -0.05) is 61.6 Å². The maximum absolute atomic E-state index is 2.26. The van der Waals surface area contributed by atoms with Gasteiger partial charge in [0.1, 0.15) is 0 Å². The van der Waals surface area contributed by atoms with Crippen molar-refractivity contribution >= 4 is 0 Å². The fraction of sp³-hybridized carbons (Fsp3) is 0.143. The van der Waals surface area contributed by atoms with E-state index in [2.05, 4.69) is 61.6 Å². The molecule has 0 unspecified atom stereocenters. The van der Waals surface area contributed by atoms with Crippen LogP contribution in [0.25, 0.3) is 0 Å². The van der Waals surface area contributed by atoms with Crippen LogP contribution in [-0.4, -0.2) is 0 Å². The van der Waals surface area contributed by atoms with Crippen LogP contribution in [0.15, 0.2) is 71.4 Å². The smallest absolute Gasteiger partial charge is 0.0181 e. The van der Waals surface area contributed by atoms with Crippen molar-refractivity contribution in [2.24, 2.45) is 0 Å². The molecule has 0 bridgehead atoms. The first-order valence-electron chi connectivity index (χ1n) is 5.04. The van der Waals surface area contributed by atoms with Crippen molar-refractivity contribution in [2.45, 2.75) is 13.3 Å². The van der Waals surface area contributed by atoms with Gasteiger partial charge in [0.2, 0.25) is 0 Å². The summed E-state index contributed by atoms with van der Waals surface area (Å²) in [4.78, 5) is 0. The van der Waals surface area contributed by atoms with Crippen LogP contribution in [0.2, 0.25) is 0 Å². The van der Waals surface area contributed by atoms with Gasteiger partial charge in [-0.25, -0.2) is 0 Å². The quantitative estimate of drug-likeness (QED) is 0.577. The molecular formula is C14H14. The second kappa shape index (κ2) is 4.10. The zero-order valence-electron chi connectivity index (χ0n) is 8.40. The molecule has 0 aliphatic heterocycles. The Kier molecular flexibility index (Phi) is 2.64. The summed E-state index contributed by atoms with van der Waals surface area (Å²) in [6.07, 6.45) is 20.3. The van der Waals surface area contributed by atoms with Crippen LogP contribution in [-0.2, 0) is 0 Å². The Labute approximate surface area is 85.3 Å². The highest BCUT2D eigenvalue weighted by atomic mass is 14.1. The van der Waals surface area contributed by atoms with Crippen molar-refractivity contribution in [3.63, 3.8) is 0 Å². The third-order valence-electron chi connectivity index (χ3n) is 2.44. The van der Waals surface area contributed by atoms with Crippen LogP contribution in [0.3, 0.4) is 0 Å². The predicted octanol–water partition coefficient (Wildman–Crippen LogP) is 3.87. The maximum Gasteiger partial charge on any atom is -0.0181 e. The van der Waals surface area contributed by atoms with Gasteiger partial charge >= 0.3 is 0 Å². The van der Waals surface area contributed by atoms with Crippen LogP contribution in [0, 0.1) is 0 Å². The van der Waals surface area contributed by atoms with Crippen molar-refractivity contribution in [3.05, 3.63) is 71.4 Å². The summed E-state index contributed by atoms with van der Waals surface area (Å²) in [5.41, 5.74) is 3.97. The highest BCUT2D eigenvalue weighted by molar-refractivity contribution is 5.55. The number of fused-ring (bicyclic) bond motifs is 1. The average Bonchev–Trinajstić information content (AvgIpc) is 2.50. The minimum atomic E-state index is 1.09. The summed E-state index contributed by atoms with van der Waals surface area (Å²) >= 11 is 0. The van der Waals surface area contributed by atoms with Crippen molar-refractivity contribution in [2.75, 3.05) is 0 Å². The Hall–Kier alpha value is -1.56. The monoisotopic (exact) mass is 182 g/mol. The van der Waals surface area contributed by atoms with E-state index in [-0.39, 0.29) is 0 Å². The van der Waals surface area contributed by atoms with Gasteiger partial charge < -0.3 is 0 Å². The number of hydrogen-bond acceptors (Lipinski definition) is 0. The van der Waals surface area contributed by atoms with Gasteiger partial charge in [-0.2, -0.15) is 0 Å². The molecule has 0 heterocycles. The average molecular weight is 182 g/mol. The predicted molar refractivity (Wildman–Crippen MR) is 62.0 cm³/mol. The molecule has 0 saturated carbocycles. The third-order valence-corrected chi connectivity index (χ3v) is 2.44. The first-order valence-corrected chi connectivity index (χ1v) is 5.04. The second-order valence-electron chi connectivity index (χ2n) is 3.42. The van der Waals surface area contributed by atoms with Gasteiger partial charge in [-0.3, -0.25) is 0 Å². The molecule has 0 aromatic rings. The van der Waals surface area contributed by atoms with E-state index in [4.69, 9.17) is 0 Å². The molecule has 0 aromatic heterocycles. The molecule has 2 aliphatic rings. The maximum atomic E-state index is 2.26. The molecule has 0 spiro atoms. The fourth-order valence-electron chi connectivity index (χ4n) is 1.60. The lowest BCUT2D eigenvalue weighted by Gasteiger charge is -2.01. The van der Waals surface area contributed by atoms with E-state index in [1.165, 1.54) is 16.7 Å². The summed E-state index contributed by atoms with van der Waals surface area (Å²) in [5.74, 6) is 0. The highest BCUT2D eigenvalue weighted by Crippen LogP contribution is 2.22. The largest absolute Gasteiger partial charge is 0.0622 e. The standard InChI is InChI=1S/C14H14/c1-2-12-7-6-10-13-8-4-3-5-9-14(13)11-12/h3-11H,2H2,1H3. The molecule has 2 rings (SSSR count). The van der Waals surface area contributed by atoms with Crippen LogP contribution < -0.4 is 0 Å². The van der Waals surface area contributed by atoms with E-state index >= 15 is 0 Å². The topological polar surface area (TPSA) is 0 Å². The lowest BCUT2D eigenvalue weighted by atomic mass is 10.0. The van der Waals surface area contributed by atoms with E-state index in [1.807, 2.05) is 0 Å². The SMILES string of the molecule is CCC1=CC2=CC=CC=CC2=CC=C1. The Morgan fingerprint density at radius 3 is 2.57 bits per heavy atom. The molecule has 0 heteroatoms. The summed E-state index contributed by atoms with van der Waals surface area (Å²) in [7, 11) is 0. The molecule has 70 valence electrons. The molecule has 0 amide bonds. The highest BCUT2D eigenvalue weighted by Gasteiger charge is 2.02. The van der Waals surface area contributed by atoms with Gasteiger partial charge in [0, 0.05) is 0 Å². The Bertz CT molecular complexity index is 396. The lowest BCUT2D eigenvalue weighted by Crippen LogP contribution is -1.82. The second-order valence-corrected chi connectivity index (χ2v) is 3.42. The van der Waals surface area contributed by atoms with Gasteiger partial charge in [0.25, 0.3) is 0 Å². The first kappa shape index (κ1) is 9.01. The molecular weight excluding hydrogens is 168 g/mol. The number of hydrogen-bond donors (Lipinski definition) is 0. The summed E-state index contributed by atoms with van der Waals surface area (Å²) in [6, 6.07) is 0. The molecule has 0 saturated heterocycles. The minimum absolute atomic E-state index is 1.09. The number of rotatable bonds is 1. The summed E-state index contributed by atoms with van der Waals surface area (Å²) in [6.45, 7) is 2.18. The third kappa shape index (κ3) is 1.85. The summed E-state index contributed by atoms with van der Waals surface area (Å²) in [5, 5.41) is 0. The van der Waals surface area contributed by atoms with E-state index in [1.54, 1.807) is 0 Å². The minimum Gasteiger partial charge on any atom is -0.0622 e. The zero-order valence-corrected chi connectivity index (χ0v) is 8.40. The molecule has 0 aromatic carbocycles. The van der Waals surface area contributed by atoms with E-state index in [0.29, 0.717) is 0 Å². The normalized spacial score (nSPS) is 19.1. The van der Waals surface area contributed by atoms with Crippen molar-refractivity contribution in [1.29, 1.82) is 0 Å². The van der Waals surface area contributed by atoms with Gasteiger partial charge in [0.15, 0.2) is 0 Å². The van der Waals surface area contributed by atoms with Gasteiger partial charge in [0.05, 0.1) is 0 Å². The Morgan fingerprint density at radius 1 is 0.857 bits per heavy atom. The van der Waals surface area contributed by atoms with Crippen LogP contribution in [0.5, 0.6) is 0 Å². The molecule has 14 heavy (non-hydrogen) atoms. The van der Waals surface area contributed by atoms with E-state index in [9.17, 15) is 0 Å². The molecule has 0 radical (unpaired) electrons. The lowest BCUT2D eigenvalue weighted by molar-refractivity contribution is 1.15. The molecule has 0 fully saturated rings. The molecule has 0 atom stereocenters. The molecule has 0 nitrogen and oxygen atoms in total. The van der Waals surface area contributed by atoms with Crippen molar-refractivity contribution in [1.82, 2.24) is 0 Å². The van der Waals surface area contributed by atoms with Crippen molar-refractivity contribution < 1.29 is 0 Å². The zero-order chi connectivity index (χ0) is 9.80. The van der Waals surface area contributed by atoms with E-state index < -0.39 is 0 Å². The van der Waals surface area contributed by atoms with E-state index in [0.717, 1.165) is 6.42 Å². The molecule has 0 N–H and O–H groups in total. The van der Waals surface area contributed by atoms with Gasteiger partial charge in [-0.15, -0.1) is 0 Å².